The minimum absolute atomic E-state index is 0.171. The average molecular weight is 292 g/mol. The monoisotopic (exact) mass is 291 g/mol. The van der Waals surface area contributed by atoms with E-state index >= 15 is 0 Å². The zero-order chi connectivity index (χ0) is 12.3. The van der Waals surface area contributed by atoms with Gasteiger partial charge in [0.15, 0.2) is 0 Å². The van der Waals surface area contributed by atoms with E-state index in [0.717, 1.165) is 0 Å². The maximum absolute atomic E-state index is 11.9. The number of rotatable bonds is 2. The molecule has 84 valence electrons. The Morgan fingerprint density at radius 1 is 1.35 bits per heavy atom. The smallest absolute Gasteiger partial charge is 0.266 e. The first-order valence-corrected chi connectivity index (χ1v) is 5.41. The molecule has 0 saturated heterocycles. The van der Waals surface area contributed by atoms with E-state index in [-0.39, 0.29) is 15.7 Å². The second-order valence-corrected chi connectivity index (χ2v) is 3.88. The molecule has 0 atom stereocenters. The number of hydrogen-bond acceptors (Lipinski definition) is 3. The summed E-state index contributed by atoms with van der Waals surface area (Å²) in [6.45, 7) is 0. The standard InChI is InChI=1S/C10H6BrN5O/c11-9-8(14-15-12)6-13-16(10(9)17)7-4-2-1-3-5-7/h1-6H. The summed E-state index contributed by atoms with van der Waals surface area (Å²) in [6, 6.07) is 8.97. The molecule has 0 aliphatic heterocycles. The number of para-hydroxylation sites is 1. The Morgan fingerprint density at radius 3 is 2.71 bits per heavy atom. The number of nitrogens with zero attached hydrogens (tertiary/aromatic N) is 5. The van der Waals surface area contributed by atoms with Crippen molar-refractivity contribution in [3.8, 4) is 5.69 Å². The molecule has 0 N–H and O–H groups in total. The van der Waals surface area contributed by atoms with E-state index in [0.29, 0.717) is 5.69 Å². The largest absolute Gasteiger partial charge is 0.286 e. The molecular formula is C10H6BrN5O. The molecule has 1 aromatic carbocycles. The van der Waals surface area contributed by atoms with Gasteiger partial charge < -0.3 is 0 Å². The van der Waals surface area contributed by atoms with Gasteiger partial charge in [-0.25, -0.2) is 0 Å². The SMILES string of the molecule is [N-]=[N+]=Nc1cnn(-c2ccccc2)c(=O)c1Br. The molecule has 6 nitrogen and oxygen atoms in total. The van der Waals surface area contributed by atoms with E-state index in [4.69, 9.17) is 5.53 Å². The van der Waals surface area contributed by atoms with Crippen LogP contribution in [0.3, 0.4) is 0 Å². The number of halogens is 1. The summed E-state index contributed by atoms with van der Waals surface area (Å²) in [5.74, 6) is 0. The summed E-state index contributed by atoms with van der Waals surface area (Å²) in [6.07, 6.45) is 1.33. The van der Waals surface area contributed by atoms with Crippen LogP contribution >= 0.6 is 15.9 Å². The van der Waals surface area contributed by atoms with Crippen LogP contribution in [0.2, 0.25) is 0 Å². The van der Waals surface area contributed by atoms with Crippen molar-refractivity contribution in [2.24, 2.45) is 5.11 Å². The zero-order valence-electron chi connectivity index (χ0n) is 8.49. The fourth-order valence-corrected chi connectivity index (χ4v) is 1.64. The molecule has 0 aliphatic carbocycles. The predicted octanol–water partition coefficient (Wildman–Crippen LogP) is 2.94. The third-order valence-corrected chi connectivity index (χ3v) is 2.80. The van der Waals surface area contributed by atoms with Gasteiger partial charge in [0.1, 0.15) is 0 Å². The second kappa shape index (κ2) is 4.82. The number of hydrogen-bond donors (Lipinski definition) is 0. The van der Waals surface area contributed by atoms with Crippen LogP contribution in [0.4, 0.5) is 5.69 Å². The normalized spacial score (nSPS) is 9.71. The lowest BCUT2D eigenvalue weighted by molar-refractivity contribution is 0.801. The van der Waals surface area contributed by atoms with Crippen molar-refractivity contribution in [3.63, 3.8) is 0 Å². The first-order valence-electron chi connectivity index (χ1n) is 4.62. The Labute approximate surface area is 104 Å². The minimum atomic E-state index is -0.374. The van der Waals surface area contributed by atoms with Crippen molar-refractivity contribution in [2.75, 3.05) is 0 Å². The summed E-state index contributed by atoms with van der Waals surface area (Å²) < 4.78 is 1.41. The number of benzene rings is 1. The lowest BCUT2D eigenvalue weighted by atomic mass is 10.3. The molecule has 0 aliphatic rings. The van der Waals surface area contributed by atoms with Gasteiger partial charge in [-0.15, -0.1) is 0 Å². The van der Waals surface area contributed by atoms with Crippen molar-refractivity contribution < 1.29 is 0 Å². The van der Waals surface area contributed by atoms with E-state index in [9.17, 15) is 4.79 Å². The number of azide groups is 1. The molecule has 0 amide bonds. The lowest BCUT2D eigenvalue weighted by Gasteiger charge is -2.05. The van der Waals surface area contributed by atoms with E-state index in [2.05, 4.69) is 31.1 Å². The third-order valence-electron chi connectivity index (χ3n) is 2.05. The van der Waals surface area contributed by atoms with E-state index < -0.39 is 0 Å². The fraction of sp³-hybridized carbons (Fsp3) is 0. The molecule has 0 unspecified atom stereocenters. The molecule has 7 heteroatoms. The molecule has 0 spiro atoms. The van der Waals surface area contributed by atoms with Crippen molar-refractivity contribution in [1.29, 1.82) is 0 Å². The van der Waals surface area contributed by atoms with E-state index in [1.165, 1.54) is 10.9 Å². The molecule has 2 rings (SSSR count). The Balaban J connectivity index is 2.64. The van der Waals surface area contributed by atoms with Gasteiger partial charge in [-0.1, -0.05) is 23.3 Å². The molecule has 17 heavy (non-hydrogen) atoms. The third kappa shape index (κ3) is 2.20. The van der Waals surface area contributed by atoms with Gasteiger partial charge in [0.2, 0.25) is 0 Å². The fourth-order valence-electron chi connectivity index (χ4n) is 1.30. The Morgan fingerprint density at radius 2 is 2.06 bits per heavy atom. The van der Waals surface area contributed by atoms with Crippen LogP contribution in [0.25, 0.3) is 16.1 Å². The van der Waals surface area contributed by atoms with Crippen LogP contribution in [-0.2, 0) is 0 Å². The van der Waals surface area contributed by atoms with Gasteiger partial charge in [0.25, 0.3) is 5.56 Å². The minimum Gasteiger partial charge on any atom is -0.266 e. The molecule has 0 bridgehead atoms. The Bertz CT molecular complexity index is 645. The van der Waals surface area contributed by atoms with E-state index in [1.807, 2.05) is 6.07 Å². The molecule has 0 fully saturated rings. The van der Waals surface area contributed by atoms with Crippen LogP contribution in [0, 0.1) is 0 Å². The van der Waals surface area contributed by atoms with E-state index in [1.54, 1.807) is 24.3 Å². The molecule has 1 aromatic heterocycles. The number of aromatic nitrogens is 2. The quantitative estimate of drug-likeness (QED) is 0.484. The van der Waals surface area contributed by atoms with Gasteiger partial charge in [-0.3, -0.25) is 4.79 Å². The molecule has 0 saturated carbocycles. The van der Waals surface area contributed by atoms with Gasteiger partial charge in [0, 0.05) is 4.91 Å². The summed E-state index contributed by atoms with van der Waals surface area (Å²) >= 11 is 3.09. The van der Waals surface area contributed by atoms with Gasteiger partial charge >= 0.3 is 0 Å². The maximum Gasteiger partial charge on any atom is 0.286 e. The van der Waals surface area contributed by atoms with Crippen LogP contribution in [-0.4, -0.2) is 9.78 Å². The molecule has 1 heterocycles. The molecule has 0 radical (unpaired) electrons. The average Bonchev–Trinajstić information content (AvgIpc) is 2.36. The van der Waals surface area contributed by atoms with Crippen molar-refractivity contribution >= 4 is 21.6 Å². The van der Waals surface area contributed by atoms with Gasteiger partial charge in [-0.05, 0) is 33.6 Å². The Hall–Kier alpha value is -2.11. The zero-order valence-corrected chi connectivity index (χ0v) is 10.1. The highest BCUT2D eigenvalue weighted by Crippen LogP contribution is 2.20. The van der Waals surface area contributed by atoms with Crippen LogP contribution in [0.1, 0.15) is 0 Å². The molecule has 2 aromatic rings. The summed E-state index contributed by atoms with van der Waals surface area (Å²) in [4.78, 5) is 14.6. The predicted molar refractivity (Wildman–Crippen MR) is 66.3 cm³/mol. The highest BCUT2D eigenvalue weighted by Gasteiger charge is 2.08. The Kier molecular flexibility index (Phi) is 3.22. The van der Waals surface area contributed by atoms with Crippen molar-refractivity contribution in [2.45, 2.75) is 0 Å². The highest BCUT2D eigenvalue weighted by atomic mass is 79.9. The summed E-state index contributed by atoms with van der Waals surface area (Å²) in [5, 5.41) is 7.30. The summed E-state index contributed by atoms with van der Waals surface area (Å²) in [7, 11) is 0. The van der Waals surface area contributed by atoms with Gasteiger partial charge in [0.05, 0.1) is 22.0 Å². The van der Waals surface area contributed by atoms with Crippen LogP contribution in [0.15, 0.2) is 50.9 Å². The van der Waals surface area contributed by atoms with Crippen molar-refractivity contribution in [3.05, 3.63) is 61.8 Å². The van der Waals surface area contributed by atoms with Gasteiger partial charge in [-0.2, -0.15) is 9.78 Å². The van der Waals surface area contributed by atoms with Crippen LogP contribution < -0.4 is 5.56 Å². The molecular weight excluding hydrogens is 286 g/mol. The first-order chi connectivity index (χ1) is 8.24. The first kappa shape index (κ1) is 11.4. The lowest BCUT2D eigenvalue weighted by Crippen LogP contribution is -2.21. The second-order valence-electron chi connectivity index (χ2n) is 3.09. The highest BCUT2D eigenvalue weighted by molar-refractivity contribution is 9.10. The van der Waals surface area contributed by atoms with Crippen LogP contribution in [0.5, 0.6) is 0 Å². The van der Waals surface area contributed by atoms with Crippen molar-refractivity contribution in [1.82, 2.24) is 9.78 Å². The topological polar surface area (TPSA) is 83.7 Å². The maximum atomic E-state index is 11.9. The summed E-state index contributed by atoms with van der Waals surface area (Å²) in [5.41, 5.74) is 8.76.